The summed E-state index contributed by atoms with van der Waals surface area (Å²) in [5.41, 5.74) is 0.960. The van der Waals surface area contributed by atoms with Crippen LogP contribution in [0, 0.1) is 5.82 Å². The molecule has 0 saturated heterocycles. The summed E-state index contributed by atoms with van der Waals surface area (Å²) in [6, 6.07) is 8.69. The van der Waals surface area contributed by atoms with Gasteiger partial charge in [0.15, 0.2) is 0 Å². The molecule has 2 aromatic rings. The second-order valence-corrected chi connectivity index (χ2v) is 4.95. The first-order chi connectivity index (χ1) is 9.19. The Kier molecular flexibility index (Phi) is 5.00. The summed E-state index contributed by atoms with van der Waals surface area (Å²) in [5, 5.41) is 3.75. The van der Waals surface area contributed by atoms with Crippen LogP contribution in [-0.2, 0) is 12.8 Å². The molecule has 0 radical (unpaired) electrons. The van der Waals surface area contributed by atoms with Gasteiger partial charge in [-0.2, -0.15) is 0 Å². The molecular formula is C15H17ClFNO. The molecule has 2 nitrogen and oxygen atoms in total. The van der Waals surface area contributed by atoms with Gasteiger partial charge in [-0.1, -0.05) is 17.7 Å². The maximum Gasteiger partial charge on any atom is 0.124 e. The zero-order chi connectivity index (χ0) is 13.7. The minimum absolute atomic E-state index is 0.285. The van der Waals surface area contributed by atoms with Crippen molar-refractivity contribution < 1.29 is 8.81 Å². The number of furan rings is 1. The van der Waals surface area contributed by atoms with Gasteiger partial charge < -0.3 is 9.73 Å². The van der Waals surface area contributed by atoms with Gasteiger partial charge in [0.05, 0.1) is 6.26 Å². The zero-order valence-corrected chi connectivity index (χ0v) is 11.6. The van der Waals surface area contributed by atoms with Crippen LogP contribution in [0.25, 0.3) is 0 Å². The highest BCUT2D eigenvalue weighted by atomic mass is 35.5. The summed E-state index contributed by atoms with van der Waals surface area (Å²) in [6.45, 7) is 0. The Hall–Kier alpha value is -1.32. The van der Waals surface area contributed by atoms with Gasteiger partial charge in [0.2, 0.25) is 0 Å². The minimum atomic E-state index is -0.301. The van der Waals surface area contributed by atoms with E-state index in [0.29, 0.717) is 5.02 Å². The van der Waals surface area contributed by atoms with Crippen molar-refractivity contribution in [1.82, 2.24) is 5.32 Å². The molecule has 2 rings (SSSR count). The number of nitrogens with one attached hydrogen (secondary N) is 1. The summed E-state index contributed by atoms with van der Waals surface area (Å²) < 4.78 is 18.3. The Labute approximate surface area is 117 Å². The van der Waals surface area contributed by atoms with Crippen molar-refractivity contribution in [2.75, 3.05) is 7.05 Å². The molecule has 0 spiro atoms. The van der Waals surface area contributed by atoms with Gasteiger partial charge in [-0.25, -0.2) is 4.39 Å². The first kappa shape index (κ1) is 14.1. The van der Waals surface area contributed by atoms with Crippen LogP contribution in [0.5, 0.6) is 0 Å². The summed E-state index contributed by atoms with van der Waals surface area (Å²) in [5.74, 6) is 0.677. The van der Waals surface area contributed by atoms with Crippen LogP contribution in [0.2, 0.25) is 5.02 Å². The number of hydrogen-bond donors (Lipinski definition) is 1. The van der Waals surface area contributed by atoms with Crippen molar-refractivity contribution in [1.29, 1.82) is 0 Å². The van der Waals surface area contributed by atoms with Gasteiger partial charge in [0.25, 0.3) is 0 Å². The molecule has 1 aromatic carbocycles. The number of rotatable bonds is 6. The fraction of sp³-hybridized carbons (Fsp3) is 0.333. The Morgan fingerprint density at radius 1 is 1.37 bits per heavy atom. The SMILES string of the molecule is CNC(CCc1ccco1)Cc1ccc(F)cc1Cl. The van der Waals surface area contributed by atoms with Crippen LogP contribution in [0.4, 0.5) is 4.39 Å². The third-order valence-electron chi connectivity index (χ3n) is 3.21. The Morgan fingerprint density at radius 2 is 2.21 bits per heavy atom. The quantitative estimate of drug-likeness (QED) is 0.870. The van der Waals surface area contributed by atoms with Crippen LogP contribution in [0.3, 0.4) is 0 Å². The molecule has 0 aliphatic heterocycles. The van der Waals surface area contributed by atoms with E-state index >= 15 is 0 Å². The number of benzene rings is 1. The van der Waals surface area contributed by atoms with E-state index in [1.807, 2.05) is 19.2 Å². The number of aryl methyl sites for hydroxylation is 1. The van der Waals surface area contributed by atoms with Gasteiger partial charge in [-0.05, 0) is 49.7 Å². The normalized spacial score (nSPS) is 12.6. The lowest BCUT2D eigenvalue weighted by atomic mass is 10.0. The molecule has 0 aliphatic carbocycles. The number of likely N-dealkylation sites (N-methyl/N-ethyl adjacent to an activating group) is 1. The second kappa shape index (κ2) is 6.73. The molecular weight excluding hydrogens is 265 g/mol. The summed E-state index contributed by atoms with van der Waals surface area (Å²) in [7, 11) is 1.92. The van der Waals surface area contributed by atoms with Crippen molar-refractivity contribution in [2.45, 2.75) is 25.3 Å². The van der Waals surface area contributed by atoms with E-state index < -0.39 is 0 Å². The third-order valence-corrected chi connectivity index (χ3v) is 3.56. The molecule has 1 heterocycles. The lowest BCUT2D eigenvalue weighted by Gasteiger charge is -2.16. The van der Waals surface area contributed by atoms with Gasteiger partial charge >= 0.3 is 0 Å². The molecule has 102 valence electrons. The molecule has 4 heteroatoms. The zero-order valence-electron chi connectivity index (χ0n) is 10.8. The number of hydrogen-bond acceptors (Lipinski definition) is 2. The highest BCUT2D eigenvalue weighted by Gasteiger charge is 2.11. The van der Waals surface area contributed by atoms with Crippen molar-refractivity contribution in [3.05, 3.63) is 58.8 Å². The van der Waals surface area contributed by atoms with Gasteiger partial charge in [0, 0.05) is 17.5 Å². The predicted octanol–water partition coefficient (Wildman–Crippen LogP) is 3.84. The molecule has 19 heavy (non-hydrogen) atoms. The van der Waals surface area contributed by atoms with Gasteiger partial charge in [-0.3, -0.25) is 0 Å². The predicted molar refractivity (Wildman–Crippen MR) is 75.0 cm³/mol. The van der Waals surface area contributed by atoms with Crippen LogP contribution in [0.1, 0.15) is 17.7 Å². The molecule has 1 N–H and O–H groups in total. The monoisotopic (exact) mass is 281 g/mol. The molecule has 0 bridgehead atoms. The van der Waals surface area contributed by atoms with E-state index in [4.69, 9.17) is 16.0 Å². The van der Waals surface area contributed by atoms with Crippen LogP contribution >= 0.6 is 11.6 Å². The van der Waals surface area contributed by atoms with Crippen molar-refractivity contribution in [3.8, 4) is 0 Å². The number of halogens is 2. The summed E-state index contributed by atoms with van der Waals surface area (Å²) in [4.78, 5) is 0. The van der Waals surface area contributed by atoms with E-state index in [1.54, 1.807) is 12.3 Å². The topological polar surface area (TPSA) is 25.2 Å². The van der Waals surface area contributed by atoms with Crippen molar-refractivity contribution in [2.24, 2.45) is 0 Å². The standard InChI is InChI=1S/C15H17ClFNO/c1-18-13(6-7-14-3-2-8-19-14)9-11-4-5-12(17)10-15(11)16/h2-5,8,10,13,18H,6-7,9H2,1H3. The van der Waals surface area contributed by atoms with Crippen molar-refractivity contribution >= 4 is 11.6 Å². The minimum Gasteiger partial charge on any atom is -0.469 e. The average molecular weight is 282 g/mol. The average Bonchev–Trinajstić information content (AvgIpc) is 2.90. The fourth-order valence-corrected chi connectivity index (χ4v) is 2.32. The Morgan fingerprint density at radius 3 is 2.84 bits per heavy atom. The van der Waals surface area contributed by atoms with E-state index in [1.165, 1.54) is 12.1 Å². The second-order valence-electron chi connectivity index (χ2n) is 4.54. The van der Waals surface area contributed by atoms with E-state index in [-0.39, 0.29) is 11.9 Å². The lowest BCUT2D eigenvalue weighted by molar-refractivity contribution is 0.460. The smallest absolute Gasteiger partial charge is 0.124 e. The first-order valence-electron chi connectivity index (χ1n) is 6.32. The van der Waals surface area contributed by atoms with Gasteiger partial charge in [-0.15, -0.1) is 0 Å². The maximum atomic E-state index is 13.0. The molecule has 1 atom stereocenters. The van der Waals surface area contributed by atoms with Crippen molar-refractivity contribution in [3.63, 3.8) is 0 Å². The molecule has 1 aromatic heterocycles. The van der Waals surface area contributed by atoms with Crippen LogP contribution < -0.4 is 5.32 Å². The van der Waals surface area contributed by atoms with Gasteiger partial charge in [0.1, 0.15) is 11.6 Å². The third kappa shape index (κ3) is 4.08. The largest absolute Gasteiger partial charge is 0.469 e. The molecule has 0 amide bonds. The Balaban J connectivity index is 1.94. The fourth-order valence-electron chi connectivity index (χ4n) is 2.07. The van der Waals surface area contributed by atoms with E-state index in [2.05, 4.69) is 5.32 Å². The molecule has 0 saturated carbocycles. The molecule has 0 aliphatic rings. The molecule has 1 unspecified atom stereocenters. The molecule has 0 fully saturated rings. The maximum absolute atomic E-state index is 13.0. The van der Waals surface area contributed by atoms with Crippen LogP contribution in [0.15, 0.2) is 41.0 Å². The Bertz CT molecular complexity index is 513. The first-order valence-corrected chi connectivity index (χ1v) is 6.70. The summed E-state index contributed by atoms with van der Waals surface area (Å²) >= 11 is 6.04. The van der Waals surface area contributed by atoms with E-state index in [9.17, 15) is 4.39 Å². The highest BCUT2D eigenvalue weighted by Crippen LogP contribution is 2.20. The van der Waals surface area contributed by atoms with Crippen LogP contribution in [-0.4, -0.2) is 13.1 Å². The van der Waals surface area contributed by atoms with E-state index in [0.717, 1.165) is 30.6 Å². The highest BCUT2D eigenvalue weighted by molar-refractivity contribution is 6.31. The lowest BCUT2D eigenvalue weighted by Crippen LogP contribution is -2.28. The summed E-state index contributed by atoms with van der Waals surface area (Å²) in [6.07, 6.45) is 4.27.